The smallest absolute Gasteiger partial charge is 0.269 e. The van der Waals surface area contributed by atoms with Crippen LogP contribution in [0.2, 0.25) is 0 Å². The van der Waals surface area contributed by atoms with E-state index in [-0.39, 0.29) is 17.3 Å². The molecule has 1 unspecified atom stereocenters. The fourth-order valence-electron chi connectivity index (χ4n) is 2.76. The van der Waals surface area contributed by atoms with E-state index in [1.54, 1.807) is 18.3 Å². The van der Waals surface area contributed by atoms with Crippen LogP contribution in [0.15, 0.2) is 41.5 Å². The molecule has 7 heteroatoms. The summed E-state index contributed by atoms with van der Waals surface area (Å²) < 4.78 is 1.52. The first-order chi connectivity index (χ1) is 11.1. The molecule has 1 aliphatic heterocycles. The second-order valence-electron chi connectivity index (χ2n) is 5.49. The van der Waals surface area contributed by atoms with E-state index in [0.717, 1.165) is 11.3 Å². The highest BCUT2D eigenvalue weighted by Crippen LogP contribution is 2.22. The van der Waals surface area contributed by atoms with Crippen LogP contribution in [0.4, 0.5) is 0 Å². The lowest BCUT2D eigenvalue weighted by molar-refractivity contribution is -0.124. The fraction of sp³-hybridized carbons (Fsp3) is 0.250. The zero-order chi connectivity index (χ0) is 16.4. The summed E-state index contributed by atoms with van der Waals surface area (Å²) in [5.74, 6) is -0.163. The quantitative estimate of drug-likeness (QED) is 0.557. The van der Waals surface area contributed by atoms with Gasteiger partial charge in [0.2, 0.25) is 5.91 Å². The zero-order valence-corrected chi connectivity index (χ0v) is 12.5. The Hall–Kier alpha value is -2.96. The first kappa shape index (κ1) is 15.0. The molecule has 0 aliphatic carbocycles. The summed E-state index contributed by atoms with van der Waals surface area (Å²) in [7, 11) is 0. The van der Waals surface area contributed by atoms with Gasteiger partial charge < -0.3 is 11.1 Å². The molecule has 0 radical (unpaired) electrons. The van der Waals surface area contributed by atoms with E-state index >= 15 is 0 Å². The van der Waals surface area contributed by atoms with Gasteiger partial charge in [-0.05, 0) is 18.4 Å². The van der Waals surface area contributed by atoms with Gasteiger partial charge in [0.05, 0.1) is 6.20 Å². The van der Waals surface area contributed by atoms with Crippen LogP contribution in [0, 0.1) is 5.41 Å². The van der Waals surface area contributed by atoms with Crippen LogP contribution in [0.5, 0.6) is 0 Å². The Morgan fingerprint density at radius 3 is 2.78 bits per heavy atom. The van der Waals surface area contributed by atoms with Crippen molar-refractivity contribution in [2.24, 2.45) is 5.73 Å². The number of amidine groups is 1. The van der Waals surface area contributed by atoms with Gasteiger partial charge in [0, 0.05) is 24.0 Å². The summed E-state index contributed by atoms with van der Waals surface area (Å²) in [5, 5.41) is 10.2. The third kappa shape index (κ3) is 2.98. The largest absolute Gasteiger partial charge is 0.384 e. The third-order valence-corrected chi connectivity index (χ3v) is 3.98. The summed E-state index contributed by atoms with van der Waals surface area (Å²) in [4.78, 5) is 28.1. The lowest BCUT2D eigenvalue weighted by atomic mass is 10.1. The molecule has 1 amide bonds. The van der Waals surface area contributed by atoms with Gasteiger partial charge in [-0.25, -0.2) is 0 Å². The molecule has 4 N–H and O–H groups in total. The highest BCUT2D eigenvalue weighted by molar-refractivity contribution is 5.94. The van der Waals surface area contributed by atoms with Gasteiger partial charge in [-0.2, -0.15) is 0 Å². The van der Waals surface area contributed by atoms with Crippen molar-refractivity contribution in [3.05, 3.63) is 63.8 Å². The number of nitrogens with zero attached hydrogens (tertiary/aromatic N) is 2. The average molecular weight is 311 g/mol. The molecule has 0 saturated heterocycles. The van der Waals surface area contributed by atoms with Crippen LogP contribution in [0.25, 0.3) is 0 Å². The van der Waals surface area contributed by atoms with Crippen LogP contribution in [0.3, 0.4) is 0 Å². The van der Waals surface area contributed by atoms with Gasteiger partial charge in [-0.15, -0.1) is 0 Å². The maximum atomic E-state index is 12.4. The minimum absolute atomic E-state index is 0.0103. The number of fused-ring (bicyclic) bond motifs is 1. The van der Waals surface area contributed by atoms with Gasteiger partial charge >= 0.3 is 0 Å². The topological polar surface area (TPSA) is 114 Å². The van der Waals surface area contributed by atoms with E-state index in [9.17, 15) is 9.59 Å². The molecule has 1 aliphatic rings. The summed E-state index contributed by atoms with van der Waals surface area (Å²) in [5.41, 5.74) is 7.50. The van der Waals surface area contributed by atoms with Crippen molar-refractivity contribution in [3.63, 3.8) is 0 Å². The number of rotatable bonds is 4. The molecule has 2 heterocycles. The van der Waals surface area contributed by atoms with Gasteiger partial charge in [0.25, 0.3) is 5.56 Å². The Morgan fingerprint density at radius 1 is 1.35 bits per heavy atom. The van der Waals surface area contributed by atoms with E-state index in [1.165, 1.54) is 10.8 Å². The van der Waals surface area contributed by atoms with Gasteiger partial charge in [-0.3, -0.25) is 24.5 Å². The van der Waals surface area contributed by atoms with Gasteiger partial charge in [-0.1, -0.05) is 24.3 Å². The minimum Gasteiger partial charge on any atom is -0.384 e. The number of nitrogens with two attached hydrogens (primary N) is 1. The highest BCUT2D eigenvalue weighted by atomic mass is 16.2. The number of nitrogens with one attached hydrogen (secondary N) is 2. The molecule has 23 heavy (non-hydrogen) atoms. The number of hydrogen-bond acceptors (Lipinski definition) is 4. The van der Waals surface area contributed by atoms with Gasteiger partial charge in [0.15, 0.2) is 0 Å². The summed E-state index contributed by atoms with van der Waals surface area (Å²) in [6, 6.07) is 6.64. The second kappa shape index (κ2) is 6.04. The Kier molecular flexibility index (Phi) is 3.92. The Balaban J connectivity index is 1.67. The molecule has 0 spiro atoms. The first-order valence-electron chi connectivity index (χ1n) is 7.33. The van der Waals surface area contributed by atoms with Crippen molar-refractivity contribution in [3.8, 4) is 0 Å². The average Bonchev–Trinajstić information content (AvgIpc) is 2.98. The minimum atomic E-state index is -0.475. The summed E-state index contributed by atoms with van der Waals surface area (Å²) >= 11 is 0. The van der Waals surface area contributed by atoms with Crippen molar-refractivity contribution < 1.29 is 4.79 Å². The number of amides is 1. The monoisotopic (exact) mass is 311 g/mol. The summed E-state index contributed by atoms with van der Waals surface area (Å²) in [6.07, 6.45) is 4.15. The van der Waals surface area contributed by atoms with Crippen molar-refractivity contribution in [2.45, 2.75) is 25.4 Å². The maximum Gasteiger partial charge on any atom is 0.269 e. The normalized spacial score (nSPS) is 15.9. The van der Waals surface area contributed by atoms with Gasteiger partial charge in [0.1, 0.15) is 11.9 Å². The van der Waals surface area contributed by atoms with Crippen LogP contribution in [-0.4, -0.2) is 21.3 Å². The van der Waals surface area contributed by atoms with Crippen molar-refractivity contribution in [2.75, 3.05) is 0 Å². The van der Waals surface area contributed by atoms with E-state index < -0.39 is 6.04 Å². The van der Waals surface area contributed by atoms with Crippen LogP contribution in [0.1, 0.15) is 29.3 Å². The maximum absolute atomic E-state index is 12.4. The predicted octanol–water partition coefficient (Wildman–Crippen LogP) is 0.331. The van der Waals surface area contributed by atoms with Crippen LogP contribution < -0.4 is 16.6 Å². The molecule has 3 rings (SSSR count). The lowest BCUT2D eigenvalue weighted by Crippen LogP contribution is -2.35. The van der Waals surface area contributed by atoms with E-state index in [0.29, 0.717) is 24.9 Å². The predicted molar refractivity (Wildman–Crippen MR) is 85.2 cm³/mol. The molecular formula is C16H17N5O2. The third-order valence-electron chi connectivity index (χ3n) is 3.98. The Labute approximate surface area is 132 Å². The number of aryl methyl sites for hydroxylation is 1. The number of carbonyl (C=O) groups is 1. The number of hydrogen-bond donors (Lipinski definition) is 3. The number of aromatic nitrogens is 2. The van der Waals surface area contributed by atoms with Crippen LogP contribution >= 0.6 is 0 Å². The van der Waals surface area contributed by atoms with Crippen molar-refractivity contribution in [1.82, 2.24) is 14.9 Å². The zero-order valence-electron chi connectivity index (χ0n) is 12.5. The first-order valence-corrected chi connectivity index (χ1v) is 7.33. The van der Waals surface area contributed by atoms with E-state index in [1.807, 2.05) is 12.1 Å². The molecule has 0 bridgehead atoms. The van der Waals surface area contributed by atoms with E-state index in [4.69, 9.17) is 11.1 Å². The molecular weight excluding hydrogens is 294 g/mol. The summed E-state index contributed by atoms with van der Waals surface area (Å²) in [6.45, 7) is 0.364. The molecule has 1 atom stereocenters. The van der Waals surface area contributed by atoms with Crippen molar-refractivity contribution in [1.29, 1.82) is 5.41 Å². The molecule has 7 nitrogen and oxygen atoms in total. The molecule has 1 aromatic heterocycles. The lowest BCUT2D eigenvalue weighted by Gasteiger charge is -2.14. The molecule has 1 aromatic carbocycles. The van der Waals surface area contributed by atoms with Crippen LogP contribution in [-0.2, 0) is 17.8 Å². The molecule has 0 fully saturated rings. The SMILES string of the molecule is N=C(N)c1ccc(CNC(=O)C2CCc3cncc(=O)n32)cc1. The fourth-order valence-corrected chi connectivity index (χ4v) is 2.76. The highest BCUT2D eigenvalue weighted by Gasteiger charge is 2.28. The number of benzene rings is 1. The Bertz CT molecular complexity index is 810. The standard InChI is InChI=1S/C16H17N5O2/c17-15(18)11-3-1-10(2-4-11)7-20-16(23)13-6-5-12-8-19-9-14(22)21(12)13/h1-4,8-9,13H,5-7H2,(H3,17,18)(H,20,23). The molecule has 0 saturated carbocycles. The van der Waals surface area contributed by atoms with Crippen molar-refractivity contribution >= 4 is 11.7 Å². The molecule has 2 aromatic rings. The number of carbonyl (C=O) groups excluding carboxylic acids is 1. The molecule has 118 valence electrons. The number of nitrogen functional groups attached to an aromatic ring is 1. The Morgan fingerprint density at radius 2 is 2.09 bits per heavy atom. The second-order valence-corrected chi connectivity index (χ2v) is 5.49. The van der Waals surface area contributed by atoms with E-state index in [2.05, 4.69) is 10.3 Å².